The number of rotatable bonds is 0. The number of thioether (sulfide) groups is 1. The van der Waals surface area contributed by atoms with Crippen LogP contribution in [0.2, 0.25) is 0 Å². The zero-order valence-electron chi connectivity index (χ0n) is 8.73. The van der Waals surface area contributed by atoms with Gasteiger partial charge in [0.2, 0.25) is 0 Å². The highest BCUT2D eigenvalue weighted by atomic mass is 32.2. The van der Waals surface area contributed by atoms with Gasteiger partial charge >= 0.3 is 0 Å². The van der Waals surface area contributed by atoms with Crippen LogP contribution in [0.1, 0.15) is 12.8 Å². The molecule has 0 aromatic carbocycles. The van der Waals surface area contributed by atoms with Gasteiger partial charge in [-0.25, -0.2) is 0 Å². The van der Waals surface area contributed by atoms with E-state index in [-0.39, 0.29) is 11.6 Å². The molecular weight excluding hydrogens is 222 g/mol. The number of allylic oxidation sites excluding steroid dienone is 3. The minimum Gasteiger partial charge on any atom is -0.295 e. The van der Waals surface area contributed by atoms with Crippen LogP contribution in [-0.4, -0.2) is 29.6 Å². The fourth-order valence-electron chi connectivity index (χ4n) is 2.54. The van der Waals surface area contributed by atoms with Crippen molar-refractivity contribution in [2.75, 3.05) is 12.3 Å². The van der Waals surface area contributed by atoms with Crippen LogP contribution in [0.3, 0.4) is 0 Å². The van der Waals surface area contributed by atoms with Crippen molar-refractivity contribution in [2.45, 2.75) is 12.8 Å². The zero-order valence-corrected chi connectivity index (χ0v) is 9.55. The summed E-state index contributed by atoms with van der Waals surface area (Å²) in [5.74, 6) is 1.04. The molecule has 3 aliphatic rings. The zero-order chi connectivity index (χ0) is 11.2. The van der Waals surface area contributed by atoms with Gasteiger partial charge in [-0.1, -0.05) is 0 Å². The summed E-state index contributed by atoms with van der Waals surface area (Å²) < 4.78 is 0. The van der Waals surface area contributed by atoms with Crippen LogP contribution in [0.4, 0.5) is 0 Å². The van der Waals surface area contributed by atoms with Crippen LogP contribution < -0.4 is 0 Å². The summed E-state index contributed by atoms with van der Waals surface area (Å²) in [4.78, 5) is 28.0. The lowest BCUT2D eigenvalue weighted by molar-refractivity contribution is -0.117. The molecule has 1 spiro atoms. The van der Waals surface area contributed by atoms with Crippen molar-refractivity contribution in [3.05, 3.63) is 23.1 Å². The molecule has 0 saturated heterocycles. The van der Waals surface area contributed by atoms with Gasteiger partial charge in [0.1, 0.15) is 0 Å². The molecule has 16 heavy (non-hydrogen) atoms. The first kappa shape index (κ1) is 10.0. The number of carbonyl (C=O) groups excluding carboxylic acids is 2. The Hall–Kier alpha value is -1.16. The third kappa shape index (κ3) is 1.26. The van der Waals surface area contributed by atoms with E-state index in [0.717, 1.165) is 17.0 Å². The third-order valence-electron chi connectivity index (χ3n) is 3.36. The molecule has 1 atom stereocenters. The minimum atomic E-state index is -0.399. The summed E-state index contributed by atoms with van der Waals surface area (Å²) >= 11 is 1.62. The van der Waals surface area contributed by atoms with E-state index in [4.69, 9.17) is 0 Å². The van der Waals surface area contributed by atoms with Crippen molar-refractivity contribution in [1.82, 2.24) is 0 Å². The Morgan fingerprint density at radius 3 is 3.06 bits per heavy atom. The number of hydrogen-bond acceptors (Lipinski definition) is 4. The predicted molar refractivity (Wildman–Crippen MR) is 63.7 cm³/mol. The number of Topliss-reactive ketones (excluding diaryl/α,β-unsaturated/α-hetero) is 1. The van der Waals surface area contributed by atoms with Crippen molar-refractivity contribution in [3.63, 3.8) is 0 Å². The van der Waals surface area contributed by atoms with E-state index < -0.39 is 5.41 Å². The fraction of sp³-hybridized carbons (Fsp3) is 0.417. The van der Waals surface area contributed by atoms with Crippen molar-refractivity contribution in [2.24, 2.45) is 10.4 Å². The maximum Gasteiger partial charge on any atom is 0.162 e. The third-order valence-corrected chi connectivity index (χ3v) is 4.42. The molecule has 2 heterocycles. The summed E-state index contributed by atoms with van der Waals surface area (Å²) in [7, 11) is 0. The van der Waals surface area contributed by atoms with Crippen LogP contribution >= 0.6 is 11.8 Å². The summed E-state index contributed by atoms with van der Waals surface area (Å²) in [6.45, 7) is 0.552. The first-order chi connectivity index (χ1) is 7.72. The second-order valence-corrected chi connectivity index (χ2v) is 5.20. The lowest BCUT2D eigenvalue weighted by atomic mass is 9.70. The van der Waals surface area contributed by atoms with Crippen LogP contribution in [0, 0.1) is 5.41 Å². The summed E-state index contributed by atoms with van der Waals surface area (Å²) in [6, 6.07) is 0. The number of hydrogen-bond donors (Lipinski definition) is 0. The van der Waals surface area contributed by atoms with Gasteiger partial charge < -0.3 is 0 Å². The molecule has 0 aromatic rings. The van der Waals surface area contributed by atoms with E-state index in [1.54, 1.807) is 23.9 Å². The Balaban J connectivity index is 2.17. The molecule has 1 aliphatic carbocycles. The molecule has 0 aromatic heterocycles. The molecule has 0 fully saturated rings. The Morgan fingerprint density at radius 2 is 2.19 bits per heavy atom. The van der Waals surface area contributed by atoms with Crippen LogP contribution in [-0.2, 0) is 9.59 Å². The second-order valence-electron chi connectivity index (χ2n) is 4.34. The Labute approximate surface area is 97.7 Å². The van der Waals surface area contributed by atoms with Gasteiger partial charge in [0.15, 0.2) is 11.6 Å². The van der Waals surface area contributed by atoms with Crippen LogP contribution in [0.25, 0.3) is 0 Å². The molecule has 3 rings (SSSR count). The average Bonchev–Trinajstić information content (AvgIpc) is 2.60. The van der Waals surface area contributed by atoms with Crippen molar-refractivity contribution in [1.29, 1.82) is 0 Å². The lowest BCUT2D eigenvalue weighted by Gasteiger charge is -2.31. The maximum atomic E-state index is 12.0. The molecule has 2 aliphatic heterocycles. The summed E-state index contributed by atoms with van der Waals surface area (Å²) in [5, 5.41) is 1.93. The highest BCUT2D eigenvalue weighted by Gasteiger charge is 2.47. The van der Waals surface area contributed by atoms with Gasteiger partial charge in [0.05, 0.1) is 5.41 Å². The van der Waals surface area contributed by atoms with E-state index in [9.17, 15) is 9.59 Å². The maximum absolute atomic E-state index is 12.0. The average molecular weight is 233 g/mol. The number of ketones is 2. The number of aliphatic imine (C=N–C) groups is 1. The highest BCUT2D eigenvalue weighted by Crippen LogP contribution is 2.47. The molecule has 0 N–H and O–H groups in total. The fourth-order valence-corrected chi connectivity index (χ4v) is 3.84. The molecule has 1 unspecified atom stereocenters. The van der Waals surface area contributed by atoms with Crippen LogP contribution in [0.15, 0.2) is 28.1 Å². The van der Waals surface area contributed by atoms with E-state index in [2.05, 4.69) is 4.99 Å². The van der Waals surface area contributed by atoms with Gasteiger partial charge in [-0.2, -0.15) is 0 Å². The Kier molecular flexibility index (Phi) is 2.14. The standard InChI is InChI=1S/C12H11NO2S/c14-8-1-2-11-12(5-8)7-16-6-9(12)10(15)3-4-13-11/h1-2,6H,3-5,7H2. The normalized spacial score (nSPS) is 32.8. The molecule has 0 saturated carbocycles. The van der Waals surface area contributed by atoms with Gasteiger partial charge in [-0.3, -0.25) is 14.6 Å². The van der Waals surface area contributed by atoms with Gasteiger partial charge in [0.25, 0.3) is 0 Å². The van der Waals surface area contributed by atoms with E-state index >= 15 is 0 Å². The van der Waals surface area contributed by atoms with Crippen molar-refractivity contribution in [3.8, 4) is 0 Å². The summed E-state index contributed by atoms with van der Waals surface area (Å²) in [6.07, 6.45) is 4.26. The number of carbonyl (C=O) groups is 2. The van der Waals surface area contributed by atoms with Crippen LogP contribution in [0.5, 0.6) is 0 Å². The smallest absolute Gasteiger partial charge is 0.162 e. The molecule has 4 heteroatoms. The van der Waals surface area contributed by atoms with Crippen molar-refractivity contribution >= 4 is 29.0 Å². The van der Waals surface area contributed by atoms with Gasteiger partial charge in [0, 0.05) is 36.4 Å². The lowest BCUT2D eigenvalue weighted by Crippen LogP contribution is -2.38. The first-order valence-corrected chi connectivity index (χ1v) is 6.38. The molecule has 3 nitrogen and oxygen atoms in total. The number of nitrogens with zero attached hydrogens (tertiary/aromatic N) is 1. The quantitative estimate of drug-likeness (QED) is 0.637. The Morgan fingerprint density at radius 1 is 1.31 bits per heavy atom. The Bertz CT molecular complexity index is 475. The largest absolute Gasteiger partial charge is 0.295 e. The molecule has 0 radical (unpaired) electrons. The first-order valence-electron chi connectivity index (χ1n) is 5.34. The van der Waals surface area contributed by atoms with E-state index in [0.29, 0.717) is 19.4 Å². The molecule has 0 amide bonds. The van der Waals surface area contributed by atoms with E-state index in [1.165, 1.54) is 0 Å². The SMILES string of the molecule is O=C1C=CC2=NCCC(=O)C3=CSCC32C1. The predicted octanol–water partition coefficient (Wildman–Crippen LogP) is 1.55. The van der Waals surface area contributed by atoms with Gasteiger partial charge in [-0.15, -0.1) is 11.8 Å². The second kappa shape index (κ2) is 3.42. The molecule has 82 valence electrons. The van der Waals surface area contributed by atoms with E-state index in [1.807, 2.05) is 5.41 Å². The van der Waals surface area contributed by atoms with Gasteiger partial charge in [-0.05, 0) is 17.6 Å². The molecular formula is C12H11NO2S. The minimum absolute atomic E-state index is 0.0991. The summed E-state index contributed by atoms with van der Waals surface area (Å²) in [5.41, 5.74) is 1.34. The van der Waals surface area contributed by atoms with Crippen molar-refractivity contribution < 1.29 is 9.59 Å². The monoisotopic (exact) mass is 233 g/mol. The molecule has 0 bridgehead atoms. The highest BCUT2D eigenvalue weighted by molar-refractivity contribution is 8.02. The topological polar surface area (TPSA) is 46.5 Å².